The van der Waals surface area contributed by atoms with Gasteiger partial charge in [-0.25, -0.2) is 5.43 Å². The van der Waals surface area contributed by atoms with Crippen LogP contribution in [0, 0.1) is 17.0 Å². The first-order chi connectivity index (χ1) is 13.0. The molecular weight excluding hydrogens is 348 g/mol. The van der Waals surface area contributed by atoms with Crippen molar-refractivity contribution in [2.45, 2.75) is 6.92 Å². The number of aromatic nitrogens is 1. The number of aryl methyl sites for hydroxylation is 1. The van der Waals surface area contributed by atoms with E-state index in [1.54, 1.807) is 12.3 Å². The number of amides is 1. The zero-order chi connectivity index (χ0) is 19.4. The van der Waals surface area contributed by atoms with Crippen LogP contribution in [0.5, 0.6) is 5.75 Å². The van der Waals surface area contributed by atoms with Gasteiger partial charge in [0.05, 0.1) is 11.1 Å². The van der Waals surface area contributed by atoms with Crippen LogP contribution in [0.4, 0.5) is 5.69 Å². The van der Waals surface area contributed by atoms with Crippen LogP contribution < -0.4 is 10.2 Å². The van der Waals surface area contributed by atoms with Crippen molar-refractivity contribution in [3.05, 3.63) is 69.9 Å². The molecule has 1 amide bonds. The van der Waals surface area contributed by atoms with Crippen LogP contribution in [0.15, 0.2) is 53.6 Å². The third kappa shape index (κ3) is 3.79. The van der Waals surface area contributed by atoms with Gasteiger partial charge in [-0.2, -0.15) is 5.10 Å². The van der Waals surface area contributed by atoms with Gasteiger partial charge in [0.15, 0.2) is 12.4 Å². The quantitative estimate of drug-likeness (QED) is 0.412. The molecule has 0 bridgehead atoms. The molecule has 138 valence electrons. The molecule has 0 fully saturated rings. The number of nitrogens with one attached hydrogen (secondary N) is 1. The molecule has 0 aliphatic rings. The highest BCUT2D eigenvalue weighted by molar-refractivity contribution is 6.01. The Kier molecular flexibility index (Phi) is 5.16. The third-order valence-corrected chi connectivity index (χ3v) is 4.25. The maximum Gasteiger partial charge on any atom is 0.310 e. The van der Waals surface area contributed by atoms with Crippen molar-refractivity contribution in [1.29, 1.82) is 0 Å². The molecule has 27 heavy (non-hydrogen) atoms. The Labute approximate surface area is 155 Å². The number of rotatable bonds is 6. The molecule has 1 heterocycles. The van der Waals surface area contributed by atoms with Gasteiger partial charge in [0, 0.05) is 35.3 Å². The van der Waals surface area contributed by atoms with Crippen molar-refractivity contribution in [2.75, 3.05) is 6.61 Å². The number of carbonyl (C=O) groups is 1. The molecule has 3 aromatic rings. The fourth-order valence-corrected chi connectivity index (χ4v) is 2.79. The summed E-state index contributed by atoms with van der Waals surface area (Å²) in [6, 6.07) is 13.8. The van der Waals surface area contributed by atoms with E-state index in [4.69, 9.17) is 4.74 Å². The number of hydrazone groups is 1. The largest absolute Gasteiger partial charge is 0.477 e. The fraction of sp³-hybridized carbons (Fsp3) is 0.158. The highest BCUT2D eigenvalue weighted by Gasteiger charge is 2.15. The normalized spacial score (nSPS) is 11.0. The van der Waals surface area contributed by atoms with E-state index in [9.17, 15) is 14.9 Å². The van der Waals surface area contributed by atoms with Gasteiger partial charge < -0.3 is 9.30 Å². The Bertz CT molecular complexity index is 1040. The summed E-state index contributed by atoms with van der Waals surface area (Å²) in [7, 11) is 1.97. The zero-order valence-corrected chi connectivity index (χ0v) is 14.9. The highest BCUT2D eigenvalue weighted by atomic mass is 16.6. The van der Waals surface area contributed by atoms with E-state index >= 15 is 0 Å². The first-order valence-corrected chi connectivity index (χ1v) is 8.21. The van der Waals surface area contributed by atoms with Crippen LogP contribution in [0.3, 0.4) is 0 Å². The molecule has 0 unspecified atom stereocenters. The van der Waals surface area contributed by atoms with E-state index in [-0.39, 0.29) is 18.0 Å². The third-order valence-electron chi connectivity index (χ3n) is 4.25. The molecule has 1 N–H and O–H groups in total. The van der Waals surface area contributed by atoms with E-state index in [0.29, 0.717) is 0 Å². The number of ether oxygens (including phenoxy) is 1. The number of hydrogen-bond acceptors (Lipinski definition) is 5. The minimum atomic E-state index is -0.561. The Morgan fingerprint density at radius 2 is 1.96 bits per heavy atom. The maximum absolute atomic E-state index is 11.9. The summed E-state index contributed by atoms with van der Waals surface area (Å²) in [5, 5.41) is 16.0. The molecule has 0 aliphatic heterocycles. The standard InChI is InChI=1S/C19H18N4O4/c1-13-15(14-7-3-4-8-16(14)22(13)2)11-20-21-19(24)12-27-18-10-6-5-9-17(18)23(25)26/h3-11H,12H2,1-2H3,(H,21,24)/b20-11-. The average molecular weight is 366 g/mol. The molecular formula is C19H18N4O4. The number of hydrogen-bond donors (Lipinski definition) is 1. The second-order valence-electron chi connectivity index (χ2n) is 5.88. The summed E-state index contributed by atoms with van der Waals surface area (Å²) < 4.78 is 7.28. The minimum absolute atomic E-state index is 0.0338. The molecule has 2 aromatic carbocycles. The predicted molar refractivity (Wildman–Crippen MR) is 102 cm³/mol. The van der Waals surface area contributed by atoms with Crippen molar-refractivity contribution in [3.63, 3.8) is 0 Å². The van der Waals surface area contributed by atoms with Crippen molar-refractivity contribution in [1.82, 2.24) is 9.99 Å². The molecule has 8 heteroatoms. The highest BCUT2D eigenvalue weighted by Crippen LogP contribution is 2.25. The second-order valence-corrected chi connectivity index (χ2v) is 5.88. The summed E-state index contributed by atoms with van der Waals surface area (Å²) in [5.74, 6) is -0.478. The summed E-state index contributed by atoms with van der Waals surface area (Å²) in [6.07, 6.45) is 1.58. The number of para-hydroxylation sites is 3. The van der Waals surface area contributed by atoms with Crippen molar-refractivity contribution >= 4 is 28.7 Å². The van der Waals surface area contributed by atoms with E-state index in [1.165, 1.54) is 18.2 Å². The van der Waals surface area contributed by atoms with Crippen LogP contribution in [-0.2, 0) is 11.8 Å². The first kappa shape index (κ1) is 18.1. The van der Waals surface area contributed by atoms with Gasteiger partial charge >= 0.3 is 5.69 Å². The fourth-order valence-electron chi connectivity index (χ4n) is 2.79. The van der Waals surface area contributed by atoms with Crippen LogP contribution >= 0.6 is 0 Å². The van der Waals surface area contributed by atoms with Gasteiger partial charge in [-0.3, -0.25) is 14.9 Å². The van der Waals surface area contributed by atoms with Gasteiger partial charge in [-0.15, -0.1) is 0 Å². The molecule has 3 rings (SSSR count). The number of nitro benzene ring substituents is 1. The van der Waals surface area contributed by atoms with Crippen molar-refractivity contribution < 1.29 is 14.5 Å². The van der Waals surface area contributed by atoms with Gasteiger partial charge in [0.2, 0.25) is 0 Å². The zero-order valence-electron chi connectivity index (χ0n) is 14.9. The molecule has 8 nitrogen and oxygen atoms in total. The molecule has 0 saturated carbocycles. The van der Waals surface area contributed by atoms with E-state index in [1.807, 2.05) is 38.2 Å². The summed E-state index contributed by atoms with van der Waals surface area (Å²) in [5.41, 5.74) is 5.18. The number of nitro groups is 1. The lowest BCUT2D eigenvalue weighted by Gasteiger charge is -2.05. The lowest BCUT2D eigenvalue weighted by Crippen LogP contribution is -2.24. The molecule has 0 saturated heterocycles. The van der Waals surface area contributed by atoms with Crippen molar-refractivity contribution in [3.8, 4) is 5.75 Å². The number of fused-ring (bicyclic) bond motifs is 1. The Morgan fingerprint density at radius 3 is 2.74 bits per heavy atom. The predicted octanol–water partition coefficient (Wildman–Crippen LogP) is 2.92. The lowest BCUT2D eigenvalue weighted by atomic mass is 10.1. The van der Waals surface area contributed by atoms with E-state index < -0.39 is 10.8 Å². The number of benzene rings is 2. The van der Waals surface area contributed by atoms with Gasteiger partial charge in [-0.1, -0.05) is 30.3 Å². The van der Waals surface area contributed by atoms with E-state index in [2.05, 4.69) is 15.1 Å². The summed E-state index contributed by atoms with van der Waals surface area (Å²) in [6.45, 7) is 1.59. The Balaban J connectivity index is 1.65. The molecule has 0 atom stereocenters. The monoisotopic (exact) mass is 366 g/mol. The molecule has 0 aliphatic carbocycles. The lowest BCUT2D eigenvalue weighted by molar-refractivity contribution is -0.385. The molecule has 0 spiro atoms. The second kappa shape index (κ2) is 7.69. The molecule has 0 radical (unpaired) electrons. The maximum atomic E-state index is 11.9. The van der Waals surface area contributed by atoms with Crippen LogP contribution in [0.2, 0.25) is 0 Å². The average Bonchev–Trinajstić information content (AvgIpc) is 2.91. The topological polar surface area (TPSA) is 98.8 Å². The van der Waals surface area contributed by atoms with Gasteiger partial charge in [0.1, 0.15) is 0 Å². The Morgan fingerprint density at radius 1 is 1.26 bits per heavy atom. The first-order valence-electron chi connectivity index (χ1n) is 8.21. The van der Waals surface area contributed by atoms with Crippen LogP contribution in [0.1, 0.15) is 11.3 Å². The smallest absolute Gasteiger partial charge is 0.310 e. The van der Waals surface area contributed by atoms with Crippen LogP contribution in [-0.4, -0.2) is 28.2 Å². The van der Waals surface area contributed by atoms with Gasteiger partial charge in [0.25, 0.3) is 5.91 Å². The van der Waals surface area contributed by atoms with E-state index in [0.717, 1.165) is 22.2 Å². The minimum Gasteiger partial charge on any atom is -0.477 e. The SMILES string of the molecule is Cc1c(/C=N\NC(=O)COc2ccccc2[N+](=O)[O-])c2ccccc2n1C. The van der Waals surface area contributed by atoms with Crippen molar-refractivity contribution in [2.24, 2.45) is 12.1 Å². The Hall–Kier alpha value is -3.68. The molecule has 1 aromatic heterocycles. The van der Waals surface area contributed by atoms with Gasteiger partial charge in [-0.05, 0) is 19.1 Å². The number of nitrogens with zero attached hydrogens (tertiary/aromatic N) is 3. The summed E-state index contributed by atoms with van der Waals surface area (Å²) >= 11 is 0. The van der Waals surface area contributed by atoms with Crippen LogP contribution in [0.25, 0.3) is 10.9 Å². The number of carbonyl (C=O) groups excluding carboxylic acids is 1. The summed E-state index contributed by atoms with van der Waals surface area (Å²) in [4.78, 5) is 22.3.